The van der Waals surface area contributed by atoms with Crippen LogP contribution in [-0.2, 0) is 19.3 Å². The average molecular weight is 355 g/mol. The van der Waals surface area contributed by atoms with Crippen molar-refractivity contribution in [1.29, 1.82) is 0 Å². The minimum atomic E-state index is -4.47. The van der Waals surface area contributed by atoms with Crippen LogP contribution in [0.25, 0.3) is 0 Å². The summed E-state index contributed by atoms with van der Waals surface area (Å²) in [7, 11) is -4.47. The zero-order valence-electron chi connectivity index (χ0n) is 14.4. The molecule has 0 saturated heterocycles. The molecule has 0 fully saturated rings. The highest BCUT2D eigenvalue weighted by molar-refractivity contribution is 7.80. The van der Waals surface area contributed by atoms with Gasteiger partial charge in [0, 0.05) is 0 Å². The SMILES string of the molecule is CCCCCCCCCCCCC(COCCO)OS(=O)(=O)O. The maximum absolute atomic E-state index is 10.8. The quantitative estimate of drug-likeness (QED) is 0.307. The van der Waals surface area contributed by atoms with Crippen LogP contribution in [0.5, 0.6) is 0 Å². The number of rotatable bonds is 17. The van der Waals surface area contributed by atoms with E-state index in [9.17, 15) is 8.42 Å². The standard InChI is InChI=1S/C16H34O6S/c1-2-3-4-5-6-7-8-9-10-11-12-16(15-21-14-13-17)22-23(18,19)20/h16-17H,2-15H2,1H3,(H,18,19,20). The van der Waals surface area contributed by atoms with Crippen LogP contribution in [0.4, 0.5) is 0 Å². The molecule has 0 saturated carbocycles. The molecule has 0 aromatic rings. The maximum atomic E-state index is 10.8. The summed E-state index contributed by atoms with van der Waals surface area (Å²) in [6.07, 6.45) is 11.8. The number of ether oxygens (including phenoxy) is 1. The third-order valence-corrected chi connectivity index (χ3v) is 4.19. The van der Waals surface area contributed by atoms with Crippen molar-refractivity contribution in [2.75, 3.05) is 19.8 Å². The van der Waals surface area contributed by atoms with Crippen LogP contribution in [0.1, 0.15) is 77.6 Å². The second-order valence-corrected chi connectivity index (χ2v) is 6.96. The van der Waals surface area contributed by atoms with E-state index in [1.54, 1.807) is 0 Å². The lowest BCUT2D eigenvalue weighted by Gasteiger charge is -2.15. The fourth-order valence-corrected chi connectivity index (χ4v) is 2.97. The number of hydrogen-bond acceptors (Lipinski definition) is 5. The van der Waals surface area contributed by atoms with Crippen LogP contribution in [0.15, 0.2) is 0 Å². The van der Waals surface area contributed by atoms with Gasteiger partial charge in [-0.1, -0.05) is 71.1 Å². The van der Waals surface area contributed by atoms with E-state index in [0.717, 1.165) is 19.3 Å². The Morgan fingerprint density at radius 1 is 0.913 bits per heavy atom. The lowest BCUT2D eigenvalue weighted by molar-refractivity contribution is 0.0262. The third-order valence-electron chi connectivity index (χ3n) is 3.68. The third kappa shape index (κ3) is 18.0. The van der Waals surface area contributed by atoms with E-state index in [2.05, 4.69) is 11.1 Å². The van der Waals surface area contributed by atoms with E-state index in [1.165, 1.54) is 44.9 Å². The molecule has 0 aliphatic carbocycles. The van der Waals surface area contributed by atoms with Gasteiger partial charge in [-0.2, -0.15) is 8.42 Å². The molecule has 1 atom stereocenters. The van der Waals surface area contributed by atoms with Gasteiger partial charge in [0.15, 0.2) is 0 Å². The molecule has 0 radical (unpaired) electrons. The van der Waals surface area contributed by atoms with Crippen molar-refractivity contribution in [3.05, 3.63) is 0 Å². The Bertz CT molecular complexity index is 344. The van der Waals surface area contributed by atoms with Gasteiger partial charge in [0.05, 0.1) is 19.8 Å². The van der Waals surface area contributed by atoms with Crippen LogP contribution in [0.2, 0.25) is 0 Å². The Labute approximate surface area is 141 Å². The highest BCUT2D eigenvalue weighted by atomic mass is 32.3. The van der Waals surface area contributed by atoms with Crippen LogP contribution in [0, 0.1) is 0 Å². The molecule has 0 aliphatic heterocycles. The van der Waals surface area contributed by atoms with E-state index in [4.69, 9.17) is 14.4 Å². The average Bonchev–Trinajstić information content (AvgIpc) is 2.47. The van der Waals surface area contributed by atoms with Crippen molar-refractivity contribution in [2.45, 2.75) is 83.7 Å². The molecule has 6 nitrogen and oxygen atoms in total. The van der Waals surface area contributed by atoms with Gasteiger partial charge in [-0.15, -0.1) is 0 Å². The van der Waals surface area contributed by atoms with Gasteiger partial charge >= 0.3 is 10.4 Å². The minimum absolute atomic E-state index is 0.0534. The molecule has 0 amide bonds. The lowest BCUT2D eigenvalue weighted by atomic mass is 10.0. The van der Waals surface area contributed by atoms with E-state index in [1.807, 2.05) is 0 Å². The first-order valence-electron chi connectivity index (χ1n) is 8.84. The van der Waals surface area contributed by atoms with Crippen molar-refractivity contribution in [2.24, 2.45) is 0 Å². The molecule has 0 bridgehead atoms. The van der Waals surface area contributed by atoms with Crippen LogP contribution in [0.3, 0.4) is 0 Å². The Kier molecular flexibility index (Phi) is 15.2. The topological polar surface area (TPSA) is 93.1 Å². The molecular weight excluding hydrogens is 320 g/mol. The largest absolute Gasteiger partial charge is 0.397 e. The summed E-state index contributed by atoms with van der Waals surface area (Å²) in [5.74, 6) is 0. The molecule has 7 heteroatoms. The molecule has 1 unspecified atom stereocenters. The molecule has 0 aromatic carbocycles. The van der Waals surface area contributed by atoms with Gasteiger partial charge in [-0.05, 0) is 6.42 Å². The second kappa shape index (κ2) is 15.3. The molecule has 0 spiro atoms. The monoisotopic (exact) mass is 354 g/mol. The summed E-state index contributed by atoms with van der Waals surface area (Å²) >= 11 is 0. The van der Waals surface area contributed by atoms with E-state index in [-0.39, 0.29) is 19.8 Å². The smallest absolute Gasteiger partial charge is 0.394 e. The first-order valence-corrected chi connectivity index (χ1v) is 10.2. The van der Waals surface area contributed by atoms with Gasteiger partial charge < -0.3 is 9.84 Å². The highest BCUT2D eigenvalue weighted by Crippen LogP contribution is 2.14. The van der Waals surface area contributed by atoms with E-state index >= 15 is 0 Å². The number of aliphatic hydroxyl groups is 1. The predicted molar refractivity (Wildman–Crippen MR) is 90.8 cm³/mol. The van der Waals surface area contributed by atoms with Crippen molar-refractivity contribution in [3.8, 4) is 0 Å². The van der Waals surface area contributed by atoms with Crippen LogP contribution < -0.4 is 0 Å². The number of aliphatic hydroxyl groups excluding tert-OH is 1. The van der Waals surface area contributed by atoms with Gasteiger partial charge in [0.2, 0.25) is 0 Å². The molecular formula is C16H34O6S. The first-order chi connectivity index (χ1) is 11.0. The number of unbranched alkanes of at least 4 members (excludes halogenated alkanes) is 9. The van der Waals surface area contributed by atoms with Gasteiger partial charge in [0.25, 0.3) is 0 Å². The van der Waals surface area contributed by atoms with Crippen molar-refractivity contribution in [3.63, 3.8) is 0 Å². The molecule has 0 aliphatic rings. The summed E-state index contributed by atoms with van der Waals surface area (Å²) in [5, 5.41) is 8.64. The Morgan fingerprint density at radius 3 is 1.91 bits per heavy atom. The van der Waals surface area contributed by atoms with Crippen LogP contribution in [-0.4, -0.2) is 44.0 Å². The molecule has 0 rings (SSSR count). The molecule has 0 aromatic heterocycles. The summed E-state index contributed by atoms with van der Waals surface area (Å²) in [5.41, 5.74) is 0. The Hall–Kier alpha value is -0.210. The summed E-state index contributed by atoms with van der Waals surface area (Å²) in [6.45, 7) is 2.27. The molecule has 0 heterocycles. The lowest BCUT2D eigenvalue weighted by Crippen LogP contribution is -2.24. The van der Waals surface area contributed by atoms with Crippen molar-refractivity contribution < 1.29 is 27.0 Å². The fraction of sp³-hybridized carbons (Fsp3) is 1.00. The van der Waals surface area contributed by atoms with Crippen LogP contribution >= 0.6 is 0 Å². The zero-order valence-corrected chi connectivity index (χ0v) is 15.2. The first kappa shape index (κ1) is 22.8. The minimum Gasteiger partial charge on any atom is -0.394 e. The van der Waals surface area contributed by atoms with E-state index < -0.39 is 16.5 Å². The summed E-state index contributed by atoms with van der Waals surface area (Å²) < 4.78 is 40.0. The summed E-state index contributed by atoms with van der Waals surface area (Å²) in [4.78, 5) is 0. The van der Waals surface area contributed by atoms with E-state index in [0.29, 0.717) is 6.42 Å². The normalized spacial score (nSPS) is 13.3. The predicted octanol–water partition coefficient (Wildman–Crippen LogP) is 3.49. The molecule has 140 valence electrons. The maximum Gasteiger partial charge on any atom is 0.397 e. The van der Waals surface area contributed by atoms with Gasteiger partial charge in [-0.25, -0.2) is 4.18 Å². The van der Waals surface area contributed by atoms with Crippen molar-refractivity contribution >= 4 is 10.4 Å². The fourth-order valence-electron chi connectivity index (χ4n) is 2.47. The van der Waals surface area contributed by atoms with Gasteiger partial charge in [0.1, 0.15) is 6.10 Å². The number of hydrogen-bond donors (Lipinski definition) is 2. The highest BCUT2D eigenvalue weighted by Gasteiger charge is 2.17. The van der Waals surface area contributed by atoms with Crippen molar-refractivity contribution in [1.82, 2.24) is 0 Å². The molecule has 23 heavy (non-hydrogen) atoms. The van der Waals surface area contributed by atoms with Gasteiger partial charge in [-0.3, -0.25) is 4.55 Å². The second-order valence-electron chi connectivity index (χ2n) is 5.92. The Balaban J connectivity index is 3.65. The molecule has 2 N–H and O–H groups in total. The summed E-state index contributed by atoms with van der Waals surface area (Å²) in [6, 6.07) is 0. The zero-order chi connectivity index (χ0) is 17.4. The Morgan fingerprint density at radius 2 is 1.43 bits per heavy atom.